The number of ether oxygens (including phenoxy) is 2. The molecular weight excluding hydrogens is 316 g/mol. The molecule has 0 atom stereocenters. The van der Waals surface area contributed by atoms with Gasteiger partial charge < -0.3 is 9.47 Å². The lowest BCUT2D eigenvalue weighted by Gasteiger charge is -2.16. The van der Waals surface area contributed by atoms with E-state index in [0.717, 1.165) is 62.1 Å². The van der Waals surface area contributed by atoms with Crippen LogP contribution < -0.4 is 4.74 Å². The van der Waals surface area contributed by atoms with Gasteiger partial charge in [0.05, 0.1) is 6.61 Å². The van der Waals surface area contributed by atoms with Crippen molar-refractivity contribution in [3.63, 3.8) is 0 Å². The zero-order valence-corrected chi connectivity index (χ0v) is 13.3. The fourth-order valence-corrected chi connectivity index (χ4v) is 2.36. The van der Waals surface area contributed by atoms with E-state index in [0.29, 0.717) is 5.92 Å². The SMILES string of the molecule is Brc1ccc(OCCCCC#CC2CCOCC2)cc1. The van der Waals surface area contributed by atoms with Crippen molar-refractivity contribution in [2.24, 2.45) is 5.92 Å². The standard InChI is InChI=1S/C17H21BrO2/c18-16-6-8-17(9-7-16)20-12-4-2-1-3-5-15-10-13-19-14-11-15/h6-9,15H,1-2,4,10-14H2. The van der Waals surface area contributed by atoms with Crippen LogP contribution in [0.5, 0.6) is 5.75 Å². The Morgan fingerprint density at radius 3 is 2.65 bits per heavy atom. The summed E-state index contributed by atoms with van der Waals surface area (Å²) in [5.74, 6) is 8.14. The van der Waals surface area contributed by atoms with Crippen LogP contribution in [0.3, 0.4) is 0 Å². The highest BCUT2D eigenvalue weighted by Gasteiger charge is 2.09. The van der Waals surface area contributed by atoms with E-state index in [2.05, 4.69) is 27.8 Å². The van der Waals surface area contributed by atoms with E-state index in [1.165, 1.54) is 0 Å². The van der Waals surface area contributed by atoms with Crippen LogP contribution in [-0.4, -0.2) is 19.8 Å². The third-order valence-corrected chi connectivity index (χ3v) is 3.83. The van der Waals surface area contributed by atoms with Crippen molar-refractivity contribution in [2.75, 3.05) is 19.8 Å². The molecule has 0 saturated carbocycles. The lowest BCUT2D eigenvalue weighted by Crippen LogP contribution is -2.13. The molecule has 1 saturated heterocycles. The van der Waals surface area contributed by atoms with E-state index >= 15 is 0 Å². The average Bonchev–Trinajstić information content (AvgIpc) is 2.49. The van der Waals surface area contributed by atoms with E-state index in [9.17, 15) is 0 Å². The second-order valence-electron chi connectivity index (χ2n) is 4.97. The lowest BCUT2D eigenvalue weighted by atomic mass is 10.0. The first-order chi connectivity index (χ1) is 9.84. The van der Waals surface area contributed by atoms with Gasteiger partial charge in [-0.3, -0.25) is 0 Å². The maximum absolute atomic E-state index is 5.67. The molecule has 0 unspecified atom stereocenters. The molecule has 0 amide bonds. The van der Waals surface area contributed by atoms with Crippen molar-refractivity contribution in [2.45, 2.75) is 32.1 Å². The van der Waals surface area contributed by atoms with Crippen LogP contribution in [0.15, 0.2) is 28.7 Å². The number of benzene rings is 1. The summed E-state index contributed by atoms with van der Waals surface area (Å²) in [5, 5.41) is 0. The summed E-state index contributed by atoms with van der Waals surface area (Å²) in [6, 6.07) is 7.95. The van der Waals surface area contributed by atoms with Crippen molar-refractivity contribution < 1.29 is 9.47 Å². The monoisotopic (exact) mass is 336 g/mol. The summed E-state index contributed by atoms with van der Waals surface area (Å²) in [6.45, 7) is 2.52. The molecule has 0 bridgehead atoms. The van der Waals surface area contributed by atoms with Gasteiger partial charge in [0.15, 0.2) is 0 Å². The van der Waals surface area contributed by atoms with Gasteiger partial charge in [-0.05, 0) is 49.9 Å². The molecule has 3 heteroatoms. The minimum atomic E-state index is 0.558. The first-order valence-electron chi connectivity index (χ1n) is 7.29. The topological polar surface area (TPSA) is 18.5 Å². The molecule has 1 aromatic rings. The van der Waals surface area contributed by atoms with Crippen molar-refractivity contribution >= 4 is 15.9 Å². The first kappa shape index (κ1) is 15.4. The maximum atomic E-state index is 5.67. The number of hydrogen-bond donors (Lipinski definition) is 0. The van der Waals surface area contributed by atoms with Crippen molar-refractivity contribution in [1.82, 2.24) is 0 Å². The molecule has 2 nitrogen and oxygen atoms in total. The van der Waals surface area contributed by atoms with E-state index in [1.807, 2.05) is 24.3 Å². The Morgan fingerprint density at radius 1 is 1.15 bits per heavy atom. The van der Waals surface area contributed by atoms with Gasteiger partial charge in [-0.1, -0.05) is 21.9 Å². The van der Waals surface area contributed by atoms with E-state index in [1.54, 1.807) is 0 Å². The van der Waals surface area contributed by atoms with Crippen molar-refractivity contribution in [3.05, 3.63) is 28.7 Å². The first-order valence-corrected chi connectivity index (χ1v) is 8.08. The van der Waals surface area contributed by atoms with Gasteiger partial charge in [-0.15, -0.1) is 5.92 Å². The fraction of sp³-hybridized carbons (Fsp3) is 0.529. The van der Waals surface area contributed by atoms with Gasteiger partial charge in [-0.2, -0.15) is 0 Å². The van der Waals surface area contributed by atoms with Crippen LogP contribution in [0.2, 0.25) is 0 Å². The second kappa shape index (κ2) is 9.05. The van der Waals surface area contributed by atoms with Crippen LogP contribution in [0.25, 0.3) is 0 Å². The van der Waals surface area contributed by atoms with Gasteiger partial charge in [0.25, 0.3) is 0 Å². The van der Waals surface area contributed by atoms with Gasteiger partial charge in [0.1, 0.15) is 5.75 Å². The molecular formula is C17H21BrO2. The Labute approximate surface area is 130 Å². The van der Waals surface area contributed by atoms with Gasteiger partial charge in [-0.25, -0.2) is 0 Å². The zero-order valence-electron chi connectivity index (χ0n) is 11.7. The summed E-state index contributed by atoms with van der Waals surface area (Å²) >= 11 is 3.41. The summed E-state index contributed by atoms with van der Waals surface area (Å²) in [5.41, 5.74) is 0. The number of hydrogen-bond acceptors (Lipinski definition) is 2. The summed E-state index contributed by atoms with van der Waals surface area (Å²) in [4.78, 5) is 0. The van der Waals surface area contributed by atoms with Gasteiger partial charge in [0, 0.05) is 30.0 Å². The van der Waals surface area contributed by atoms with E-state index in [-0.39, 0.29) is 0 Å². The molecule has 108 valence electrons. The molecule has 0 N–H and O–H groups in total. The number of rotatable bonds is 5. The highest BCUT2D eigenvalue weighted by atomic mass is 79.9. The normalized spacial score (nSPS) is 15.4. The molecule has 1 aliphatic rings. The molecule has 1 heterocycles. The third kappa shape index (κ3) is 5.98. The molecule has 1 aliphatic heterocycles. The van der Waals surface area contributed by atoms with Crippen LogP contribution in [-0.2, 0) is 4.74 Å². The Hall–Kier alpha value is -0.980. The largest absolute Gasteiger partial charge is 0.494 e. The molecule has 0 radical (unpaired) electrons. The minimum Gasteiger partial charge on any atom is -0.494 e. The minimum absolute atomic E-state index is 0.558. The van der Waals surface area contributed by atoms with Gasteiger partial charge >= 0.3 is 0 Å². The smallest absolute Gasteiger partial charge is 0.119 e. The molecule has 0 aromatic heterocycles. The molecule has 2 rings (SSSR count). The van der Waals surface area contributed by atoms with E-state index in [4.69, 9.17) is 9.47 Å². The highest BCUT2D eigenvalue weighted by molar-refractivity contribution is 9.10. The third-order valence-electron chi connectivity index (χ3n) is 3.31. The summed E-state index contributed by atoms with van der Waals surface area (Å²) in [6.07, 6.45) is 5.33. The molecule has 20 heavy (non-hydrogen) atoms. The molecule has 0 spiro atoms. The number of unbranched alkanes of at least 4 members (excludes halogenated alkanes) is 2. The van der Waals surface area contributed by atoms with E-state index < -0.39 is 0 Å². The predicted molar refractivity (Wildman–Crippen MR) is 84.8 cm³/mol. The predicted octanol–water partition coefficient (Wildman–Crippen LogP) is 4.43. The Morgan fingerprint density at radius 2 is 1.90 bits per heavy atom. The van der Waals surface area contributed by atoms with Crippen molar-refractivity contribution in [3.8, 4) is 17.6 Å². The summed E-state index contributed by atoms with van der Waals surface area (Å²) in [7, 11) is 0. The Kier molecular flexibility index (Phi) is 6.97. The Balaban J connectivity index is 1.53. The molecule has 1 aromatic carbocycles. The molecule has 1 fully saturated rings. The maximum Gasteiger partial charge on any atom is 0.119 e. The zero-order chi connectivity index (χ0) is 14.0. The van der Waals surface area contributed by atoms with Gasteiger partial charge in [0.2, 0.25) is 0 Å². The number of halogens is 1. The van der Waals surface area contributed by atoms with Crippen LogP contribution >= 0.6 is 15.9 Å². The van der Waals surface area contributed by atoms with Crippen LogP contribution in [0.4, 0.5) is 0 Å². The summed E-state index contributed by atoms with van der Waals surface area (Å²) < 4.78 is 12.1. The lowest BCUT2D eigenvalue weighted by molar-refractivity contribution is 0.0807. The molecule has 0 aliphatic carbocycles. The fourth-order valence-electron chi connectivity index (χ4n) is 2.09. The average molecular weight is 337 g/mol. The second-order valence-corrected chi connectivity index (χ2v) is 5.88. The van der Waals surface area contributed by atoms with Crippen LogP contribution in [0.1, 0.15) is 32.1 Å². The quantitative estimate of drug-likeness (QED) is 0.585. The van der Waals surface area contributed by atoms with Crippen LogP contribution in [0, 0.1) is 17.8 Å². The van der Waals surface area contributed by atoms with Crippen molar-refractivity contribution in [1.29, 1.82) is 0 Å². The highest BCUT2D eigenvalue weighted by Crippen LogP contribution is 2.16. The Bertz CT molecular complexity index is 438.